The Morgan fingerprint density at radius 2 is 2.00 bits per heavy atom. The molecule has 1 heterocycles. The summed E-state index contributed by atoms with van der Waals surface area (Å²) in [5.41, 5.74) is 2.60. The summed E-state index contributed by atoms with van der Waals surface area (Å²) in [6.45, 7) is 4.39. The van der Waals surface area contributed by atoms with Gasteiger partial charge in [-0.1, -0.05) is 29.3 Å². The molecular weight excluding hydrogens is 290 g/mol. The Hall–Kier alpha value is -0.640. The van der Waals surface area contributed by atoms with Gasteiger partial charge in [0.2, 0.25) is 0 Å². The standard InChI is InChI=1S/C14H22BrN3/c1-10(15)8-11(2)18-14-12-6-4-3-5-7-13(12)16-9-17-14/h9-11H,3-8H2,1-2H3,(H,16,17,18). The molecule has 0 bridgehead atoms. The van der Waals surface area contributed by atoms with Crippen molar-refractivity contribution in [2.75, 3.05) is 5.32 Å². The molecule has 0 radical (unpaired) electrons. The smallest absolute Gasteiger partial charge is 0.133 e. The molecule has 3 nitrogen and oxygen atoms in total. The van der Waals surface area contributed by atoms with E-state index < -0.39 is 0 Å². The van der Waals surface area contributed by atoms with E-state index in [9.17, 15) is 0 Å². The Kier molecular flexibility index (Phi) is 4.98. The number of nitrogens with zero attached hydrogens (tertiary/aromatic N) is 2. The highest BCUT2D eigenvalue weighted by atomic mass is 79.9. The summed E-state index contributed by atoms with van der Waals surface area (Å²) in [4.78, 5) is 9.42. The highest BCUT2D eigenvalue weighted by molar-refractivity contribution is 9.09. The lowest BCUT2D eigenvalue weighted by Gasteiger charge is -2.18. The molecule has 2 atom stereocenters. The number of hydrogen-bond acceptors (Lipinski definition) is 3. The number of nitrogens with one attached hydrogen (secondary N) is 1. The van der Waals surface area contributed by atoms with Crippen molar-refractivity contribution in [1.29, 1.82) is 0 Å². The lowest BCUT2D eigenvalue weighted by molar-refractivity contribution is 0.699. The molecule has 0 saturated heterocycles. The van der Waals surface area contributed by atoms with Crippen LogP contribution < -0.4 is 5.32 Å². The van der Waals surface area contributed by atoms with E-state index in [4.69, 9.17) is 0 Å². The van der Waals surface area contributed by atoms with Gasteiger partial charge in [-0.2, -0.15) is 0 Å². The second kappa shape index (κ2) is 6.50. The van der Waals surface area contributed by atoms with Crippen LogP contribution >= 0.6 is 15.9 Å². The highest BCUT2D eigenvalue weighted by Crippen LogP contribution is 2.24. The SMILES string of the molecule is CC(Br)CC(C)Nc1ncnc2c1CCCCC2. The first-order chi connectivity index (χ1) is 8.66. The molecule has 2 unspecified atom stereocenters. The quantitative estimate of drug-likeness (QED) is 0.680. The summed E-state index contributed by atoms with van der Waals surface area (Å²) < 4.78 is 0. The van der Waals surface area contributed by atoms with E-state index in [1.807, 2.05) is 0 Å². The fourth-order valence-electron chi connectivity index (χ4n) is 2.60. The van der Waals surface area contributed by atoms with E-state index >= 15 is 0 Å². The minimum atomic E-state index is 0.432. The molecule has 4 heteroatoms. The first-order valence-electron chi connectivity index (χ1n) is 6.90. The zero-order valence-corrected chi connectivity index (χ0v) is 12.8. The molecule has 0 fully saturated rings. The second-order valence-corrected chi connectivity index (χ2v) is 6.83. The van der Waals surface area contributed by atoms with Gasteiger partial charge in [0.05, 0.1) is 0 Å². The Labute approximate surface area is 118 Å². The van der Waals surface area contributed by atoms with Gasteiger partial charge in [-0.05, 0) is 39.0 Å². The number of hydrogen-bond donors (Lipinski definition) is 1. The lowest BCUT2D eigenvalue weighted by atomic mass is 10.1. The first kappa shape index (κ1) is 13.8. The molecule has 0 saturated carbocycles. The van der Waals surface area contributed by atoms with Gasteiger partial charge in [0, 0.05) is 22.1 Å². The fraction of sp³-hybridized carbons (Fsp3) is 0.714. The van der Waals surface area contributed by atoms with E-state index in [1.165, 1.54) is 30.5 Å². The van der Waals surface area contributed by atoms with Gasteiger partial charge in [-0.25, -0.2) is 9.97 Å². The third kappa shape index (κ3) is 3.67. The molecule has 18 heavy (non-hydrogen) atoms. The summed E-state index contributed by atoms with van der Waals surface area (Å²) >= 11 is 3.60. The lowest BCUT2D eigenvalue weighted by Crippen LogP contribution is -2.20. The van der Waals surface area contributed by atoms with Crippen molar-refractivity contribution in [3.05, 3.63) is 17.6 Å². The zero-order chi connectivity index (χ0) is 13.0. The summed E-state index contributed by atoms with van der Waals surface area (Å²) in [5.74, 6) is 1.06. The zero-order valence-electron chi connectivity index (χ0n) is 11.2. The van der Waals surface area contributed by atoms with E-state index in [2.05, 4.69) is 45.1 Å². The average Bonchev–Trinajstić information content (AvgIpc) is 2.53. The average molecular weight is 312 g/mol. The maximum atomic E-state index is 4.45. The minimum Gasteiger partial charge on any atom is -0.367 e. The van der Waals surface area contributed by atoms with Gasteiger partial charge in [0.25, 0.3) is 0 Å². The van der Waals surface area contributed by atoms with Gasteiger partial charge in [0.1, 0.15) is 12.1 Å². The summed E-state index contributed by atoms with van der Waals surface area (Å²) in [6.07, 6.45) is 8.86. The predicted molar refractivity (Wildman–Crippen MR) is 79.4 cm³/mol. The van der Waals surface area contributed by atoms with Crippen molar-refractivity contribution in [2.24, 2.45) is 0 Å². The monoisotopic (exact) mass is 311 g/mol. The van der Waals surface area contributed by atoms with Crippen LogP contribution in [0.3, 0.4) is 0 Å². The number of aryl methyl sites for hydroxylation is 1. The maximum absolute atomic E-state index is 4.45. The molecule has 0 spiro atoms. The van der Waals surface area contributed by atoms with Crippen molar-refractivity contribution in [3.8, 4) is 0 Å². The summed E-state index contributed by atoms with van der Waals surface area (Å²) in [5, 5.41) is 3.55. The van der Waals surface area contributed by atoms with Crippen LogP contribution in [0.25, 0.3) is 0 Å². The highest BCUT2D eigenvalue weighted by Gasteiger charge is 2.16. The molecular formula is C14H22BrN3. The molecule has 2 rings (SSSR count). The van der Waals surface area contributed by atoms with Crippen LogP contribution in [0.5, 0.6) is 0 Å². The summed E-state index contributed by atoms with van der Waals surface area (Å²) in [6, 6.07) is 0.432. The molecule has 0 aromatic carbocycles. The van der Waals surface area contributed by atoms with Crippen molar-refractivity contribution >= 4 is 21.7 Å². The Morgan fingerprint density at radius 3 is 2.78 bits per heavy atom. The van der Waals surface area contributed by atoms with Crippen LogP contribution in [0.2, 0.25) is 0 Å². The van der Waals surface area contributed by atoms with Crippen molar-refractivity contribution in [1.82, 2.24) is 9.97 Å². The third-order valence-electron chi connectivity index (χ3n) is 3.44. The van der Waals surface area contributed by atoms with Gasteiger partial charge in [-0.3, -0.25) is 0 Å². The Bertz CT molecular complexity index is 393. The Morgan fingerprint density at radius 1 is 1.22 bits per heavy atom. The fourth-order valence-corrected chi connectivity index (χ4v) is 3.16. The summed E-state index contributed by atoms with van der Waals surface area (Å²) in [7, 11) is 0. The van der Waals surface area contributed by atoms with E-state index in [1.54, 1.807) is 6.33 Å². The molecule has 0 amide bonds. The van der Waals surface area contributed by atoms with E-state index in [0.29, 0.717) is 10.9 Å². The predicted octanol–water partition coefficient (Wildman–Crippen LogP) is 3.72. The number of anilines is 1. The molecule has 1 aromatic heterocycles. The van der Waals surface area contributed by atoms with Crippen LogP contribution in [0.4, 0.5) is 5.82 Å². The van der Waals surface area contributed by atoms with Crippen molar-refractivity contribution in [2.45, 2.75) is 63.2 Å². The molecule has 0 aliphatic heterocycles. The number of alkyl halides is 1. The van der Waals surface area contributed by atoms with Crippen molar-refractivity contribution in [3.63, 3.8) is 0 Å². The van der Waals surface area contributed by atoms with E-state index in [-0.39, 0.29) is 0 Å². The normalized spacial score (nSPS) is 18.6. The maximum Gasteiger partial charge on any atom is 0.133 e. The molecule has 100 valence electrons. The number of halogens is 1. The van der Waals surface area contributed by atoms with Crippen LogP contribution in [0, 0.1) is 0 Å². The minimum absolute atomic E-state index is 0.432. The molecule has 1 aliphatic rings. The van der Waals surface area contributed by atoms with E-state index in [0.717, 1.165) is 25.1 Å². The number of fused-ring (bicyclic) bond motifs is 1. The second-order valence-electron chi connectivity index (χ2n) is 5.27. The third-order valence-corrected chi connectivity index (χ3v) is 3.81. The number of aromatic nitrogens is 2. The first-order valence-corrected chi connectivity index (χ1v) is 7.81. The van der Waals surface area contributed by atoms with Crippen LogP contribution in [0.15, 0.2) is 6.33 Å². The van der Waals surface area contributed by atoms with Gasteiger partial charge in [-0.15, -0.1) is 0 Å². The van der Waals surface area contributed by atoms with Gasteiger partial charge >= 0.3 is 0 Å². The van der Waals surface area contributed by atoms with Crippen LogP contribution in [-0.4, -0.2) is 20.8 Å². The Balaban J connectivity index is 2.13. The van der Waals surface area contributed by atoms with Crippen molar-refractivity contribution < 1.29 is 0 Å². The van der Waals surface area contributed by atoms with Crippen LogP contribution in [0.1, 0.15) is 50.8 Å². The largest absolute Gasteiger partial charge is 0.367 e. The van der Waals surface area contributed by atoms with Gasteiger partial charge in [0.15, 0.2) is 0 Å². The topological polar surface area (TPSA) is 37.8 Å². The molecule has 1 N–H and O–H groups in total. The molecule has 1 aromatic rings. The van der Waals surface area contributed by atoms with Crippen LogP contribution in [-0.2, 0) is 12.8 Å². The van der Waals surface area contributed by atoms with Gasteiger partial charge < -0.3 is 5.32 Å². The number of rotatable bonds is 4. The molecule has 1 aliphatic carbocycles.